The highest BCUT2D eigenvalue weighted by Gasteiger charge is 2.12. The second kappa shape index (κ2) is 4.73. The molecule has 0 aliphatic heterocycles. The largest absolute Gasteiger partial charge is 0.302 e. The summed E-state index contributed by atoms with van der Waals surface area (Å²) < 4.78 is 0. The summed E-state index contributed by atoms with van der Waals surface area (Å²) in [7, 11) is 0. The Morgan fingerprint density at radius 1 is 1.25 bits per heavy atom. The summed E-state index contributed by atoms with van der Waals surface area (Å²) in [5, 5.41) is 10.8. The molecule has 0 radical (unpaired) electrons. The molecule has 0 saturated heterocycles. The van der Waals surface area contributed by atoms with Crippen LogP contribution in [0, 0.1) is 11.3 Å². The Labute approximate surface area is 97.8 Å². The van der Waals surface area contributed by atoms with Gasteiger partial charge >= 0.3 is 0 Å². The molecule has 0 spiro atoms. The van der Waals surface area contributed by atoms with Crippen LogP contribution in [0.15, 0.2) is 41.8 Å². The fourth-order valence-corrected chi connectivity index (χ4v) is 2.38. The van der Waals surface area contributed by atoms with Crippen molar-refractivity contribution in [3.05, 3.63) is 46.7 Å². The van der Waals surface area contributed by atoms with Gasteiger partial charge in [0.15, 0.2) is 0 Å². The van der Waals surface area contributed by atoms with Crippen LogP contribution in [0.5, 0.6) is 0 Å². The monoisotopic (exact) mass is 227 g/mol. The van der Waals surface area contributed by atoms with Gasteiger partial charge in [-0.3, -0.25) is 0 Å². The lowest BCUT2D eigenvalue weighted by atomic mass is 10.1. The number of carbonyl (C=O) groups excluding carboxylic acids is 1. The van der Waals surface area contributed by atoms with Crippen molar-refractivity contribution in [2.75, 3.05) is 0 Å². The first-order chi connectivity index (χ1) is 7.85. The molecule has 0 fully saturated rings. The molecule has 3 heteroatoms. The lowest BCUT2D eigenvalue weighted by molar-refractivity contribution is -0.108. The molecule has 0 aliphatic carbocycles. The van der Waals surface area contributed by atoms with Crippen molar-refractivity contribution in [3.8, 4) is 17.2 Å². The Morgan fingerprint density at radius 3 is 2.62 bits per heavy atom. The van der Waals surface area contributed by atoms with Crippen molar-refractivity contribution in [1.29, 1.82) is 5.26 Å². The first kappa shape index (κ1) is 10.6. The third-order valence-corrected chi connectivity index (χ3v) is 3.32. The van der Waals surface area contributed by atoms with Crippen LogP contribution < -0.4 is 0 Å². The molecule has 2 aromatic rings. The van der Waals surface area contributed by atoms with Gasteiger partial charge in [0.1, 0.15) is 12.2 Å². The summed E-state index contributed by atoms with van der Waals surface area (Å²) in [5.74, 6) is -0.637. The first-order valence-corrected chi connectivity index (χ1v) is 5.72. The van der Waals surface area contributed by atoms with Gasteiger partial charge in [0, 0.05) is 4.88 Å². The first-order valence-electron chi connectivity index (χ1n) is 4.84. The van der Waals surface area contributed by atoms with Crippen LogP contribution in [0.1, 0.15) is 10.8 Å². The number of thiophene rings is 1. The van der Waals surface area contributed by atoms with Crippen molar-refractivity contribution >= 4 is 17.6 Å². The Morgan fingerprint density at radius 2 is 2.00 bits per heavy atom. The molecule has 1 aromatic heterocycles. The van der Waals surface area contributed by atoms with Crippen molar-refractivity contribution < 1.29 is 4.79 Å². The molecule has 1 heterocycles. The van der Waals surface area contributed by atoms with Crippen molar-refractivity contribution in [2.45, 2.75) is 5.92 Å². The number of benzene rings is 1. The van der Waals surface area contributed by atoms with Gasteiger partial charge in [0.05, 0.1) is 6.07 Å². The third-order valence-electron chi connectivity index (χ3n) is 2.31. The molecular weight excluding hydrogens is 218 g/mol. The Hall–Kier alpha value is -1.92. The second-order valence-electron chi connectivity index (χ2n) is 3.35. The molecular formula is C13H9NOS. The number of rotatable bonds is 3. The lowest BCUT2D eigenvalue weighted by Crippen LogP contribution is -1.92. The maximum atomic E-state index is 10.7. The van der Waals surface area contributed by atoms with Crippen LogP contribution in [-0.2, 0) is 4.79 Å². The van der Waals surface area contributed by atoms with Crippen molar-refractivity contribution in [1.82, 2.24) is 0 Å². The number of nitrogens with zero attached hydrogens (tertiary/aromatic N) is 1. The van der Waals surface area contributed by atoms with Crippen LogP contribution in [0.25, 0.3) is 11.1 Å². The molecule has 0 saturated carbocycles. The molecule has 0 N–H and O–H groups in total. The van der Waals surface area contributed by atoms with Gasteiger partial charge in [-0.2, -0.15) is 5.26 Å². The molecule has 1 unspecified atom stereocenters. The standard InChI is InChI=1S/C13H9NOS/c14-7-12(8-15)13-6-11(9-16-13)10-4-2-1-3-5-10/h1-6,8-9,12H. The van der Waals surface area contributed by atoms with E-state index in [0.29, 0.717) is 6.29 Å². The fraction of sp³-hybridized carbons (Fsp3) is 0.0769. The maximum Gasteiger partial charge on any atom is 0.142 e. The summed E-state index contributed by atoms with van der Waals surface area (Å²) in [6.07, 6.45) is 0.681. The number of hydrogen-bond acceptors (Lipinski definition) is 3. The molecule has 0 aliphatic rings. The maximum absolute atomic E-state index is 10.7. The molecule has 1 atom stereocenters. The van der Waals surface area contributed by atoms with Crippen LogP contribution in [-0.4, -0.2) is 6.29 Å². The van der Waals surface area contributed by atoms with Gasteiger partial charge in [-0.05, 0) is 22.6 Å². The van der Waals surface area contributed by atoms with Crippen LogP contribution in [0.3, 0.4) is 0 Å². The van der Waals surface area contributed by atoms with Crippen LogP contribution >= 0.6 is 11.3 Å². The van der Waals surface area contributed by atoms with E-state index in [1.807, 2.05) is 47.8 Å². The highest BCUT2D eigenvalue weighted by atomic mass is 32.1. The quantitative estimate of drug-likeness (QED) is 0.755. The minimum atomic E-state index is -0.637. The second-order valence-corrected chi connectivity index (χ2v) is 4.29. The smallest absolute Gasteiger partial charge is 0.142 e. The molecule has 0 amide bonds. The van der Waals surface area contributed by atoms with Crippen molar-refractivity contribution in [3.63, 3.8) is 0 Å². The van der Waals surface area contributed by atoms with Gasteiger partial charge in [0.25, 0.3) is 0 Å². The molecule has 1 aromatic carbocycles. The Balaban J connectivity index is 2.34. The minimum absolute atomic E-state index is 0.637. The molecule has 16 heavy (non-hydrogen) atoms. The van der Waals surface area contributed by atoms with Crippen LogP contribution in [0.2, 0.25) is 0 Å². The summed E-state index contributed by atoms with van der Waals surface area (Å²) in [6.45, 7) is 0. The molecule has 0 bridgehead atoms. The topological polar surface area (TPSA) is 40.9 Å². The SMILES string of the molecule is N#CC(C=O)c1cc(-c2ccccc2)cs1. The predicted octanol–water partition coefficient (Wildman–Crippen LogP) is 3.22. The average Bonchev–Trinajstić information content (AvgIpc) is 2.81. The van der Waals surface area contributed by atoms with E-state index in [1.54, 1.807) is 0 Å². The minimum Gasteiger partial charge on any atom is -0.302 e. The number of aldehydes is 1. The van der Waals surface area contributed by atoms with E-state index in [-0.39, 0.29) is 0 Å². The predicted molar refractivity (Wildman–Crippen MR) is 64.2 cm³/mol. The summed E-state index contributed by atoms with van der Waals surface area (Å²) >= 11 is 1.45. The van der Waals surface area contributed by atoms with E-state index < -0.39 is 5.92 Å². The zero-order valence-electron chi connectivity index (χ0n) is 8.46. The molecule has 2 nitrogen and oxygen atoms in total. The van der Waals surface area contributed by atoms with E-state index in [1.165, 1.54) is 11.3 Å². The van der Waals surface area contributed by atoms with Gasteiger partial charge in [-0.15, -0.1) is 11.3 Å². The van der Waals surface area contributed by atoms with Gasteiger partial charge in [-0.1, -0.05) is 30.3 Å². The van der Waals surface area contributed by atoms with E-state index in [9.17, 15) is 4.79 Å². The average molecular weight is 227 g/mol. The number of nitriles is 1. The Bertz CT molecular complexity index is 524. The van der Waals surface area contributed by atoms with Gasteiger partial charge in [-0.25, -0.2) is 0 Å². The van der Waals surface area contributed by atoms with E-state index in [4.69, 9.17) is 5.26 Å². The number of carbonyl (C=O) groups is 1. The highest BCUT2D eigenvalue weighted by molar-refractivity contribution is 7.10. The van der Waals surface area contributed by atoms with E-state index in [2.05, 4.69) is 0 Å². The van der Waals surface area contributed by atoms with Gasteiger partial charge in [0.2, 0.25) is 0 Å². The Kier molecular flexibility index (Phi) is 3.13. The highest BCUT2D eigenvalue weighted by Crippen LogP contribution is 2.29. The third kappa shape index (κ3) is 2.02. The zero-order chi connectivity index (χ0) is 11.4. The summed E-state index contributed by atoms with van der Waals surface area (Å²) in [4.78, 5) is 11.5. The fourth-order valence-electron chi connectivity index (χ4n) is 1.46. The number of hydrogen-bond donors (Lipinski definition) is 0. The van der Waals surface area contributed by atoms with E-state index in [0.717, 1.165) is 16.0 Å². The van der Waals surface area contributed by atoms with Crippen LogP contribution in [0.4, 0.5) is 0 Å². The van der Waals surface area contributed by atoms with Crippen molar-refractivity contribution in [2.24, 2.45) is 0 Å². The van der Waals surface area contributed by atoms with Gasteiger partial charge < -0.3 is 4.79 Å². The zero-order valence-corrected chi connectivity index (χ0v) is 9.28. The van der Waals surface area contributed by atoms with E-state index >= 15 is 0 Å². The summed E-state index contributed by atoms with van der Waals surface area (Å²) in [6, 6.07) is 13.8. The lowest BCUT2D eigenvalue weighted by Gasteiger charge is -1.96. The molecule has 2 rings (SSSR count). The molecule has 78 valence electrons. The normalized spacial score (nSPS) is 11.7. The summed E-state index contributed by atoms with van der Waals surface area (Å²) in [5.41, 5.74) is 2.16.